The molecule has 0 fully saturated rings. The Morgan fingerprint density at radius 2 is 1.75 bits per heavy atom. The SMILES string of the molecule is NC(CCOc1ccccc1)Cc1cccc(F)c1F. The van der Waals surface area contributed by atoms with Crippen molar-refractivity contribution >= 4 is 0 Å². The van der Waals surface area contributed by atoms with E-state index >= 15 is 0 Å². The van der Waals surface area contributed by atoms with Crippen molar-refractivity contribution in [2.75, 3.05) is 6.61 Å². The summed E-state index contributed by atoms with van der Waals surface area (Å²) in [5, 5.41) is 0. The number of ether oxygens (including phenoxy) is 1. The van der Waals surface area contributed by atoms with Crippen molar-refractivity contribution in [3.05, 3.63) is 65.7 Å². The molecule has 2 N–H and O–H groups in total. The van der Waals surface area contributed by atoms with Gasteiger partial charge in [-0.15, -0.1) is 0 Å². The lowest BCUT2D eigenvalue weighted by molar-refractivity contribution is 0.296. The topological polar surface area (TPSA) is 35.2 Å². The van der Waals surface area contributed by atoms with Crippen molar-refractivity contribution in [3.63, 3.8) is 0 Å². The summed E-state index contributed by atoms with van der Waals surface area (Å²) < 4.78 is 32.1. The Kier molecular flexibility index (Phi) is 5.07. The zero-order valence-corrected chi connectivity index (χ0v) is 11.1. The summed E-state index contributed by atoms with van der Waals surface area (Å²) in [4.78, 5) is 0. The van der Waals surface area contributed by atoms with E-state index in [2.05, 4.69) is 0 Å². The molecular weight excluding hydrogens is 260 g/mol. The van der Waals surface area contributed by atoms with E-state index in [0.717, 1.165) is 11.8 Å². The second-order valence-electron chi connectivity index (χ2n) is 4.63. The fourth-order valence-electron chi connectivity index (χ4n) is 1.94. The lowest BCUT2D eigenvalue weighted by Gasteiger charge is -2.13. The standard InChI is InChI=1S/C16H17F2NO/c17-15-8-4-5-12(16(15)18)11-13(19)9-10-20-14-6-2-1-3-7-14/h1-8,13H,9-11,19H2. The van der Waals surface area contributed by atoms with Gasteiger partial charge in [-0.25, -0.2) is 8.78 Å². The summed E-state index contributed by atoms with van der Waals surface area (Å²) in [5.41, 5.74) is 6.22. The van der Waals surface area contributed by atoms with E-state index in [1.807, 2.05) is 30.3 Å². The molecule has 0 amide bonds. The number of rotatable bonds is 6. The molecule has 1 unspecified atom stereocenters. The minimum atomic E-state index is -0.838. The Morgan fingerprint density at radius 3 is 2.50 bits per heavy atom. The maximum absolute atomic E-state index is 13.5. The molecule has 0 saturated carbocycles. The normalized spacial score (nSPS) is 12.2. The van der Waals surface area contributed by atoms with Crippen molar-refractivity contribution in [1.82, 2.24) is 0 Å². The first-order valence-electron chi connectivity index (χ1n) is 6.53. The number of hydrogen-bond donors (Lipinski definition) is 1. The molecule has 106 valence electrons. The van der Waals surface area contributed by atoms with Crippen LogP contribution in [0.1, 0.15) is 12.0 Å². The molecule has 20 heavy (non-hydrogen) atoms. The van der Waals surface area contributed by atoms with Crippen LogP contribution in [0.25, 0.3) is 0 Å². The molecule has 0 aliphatic rings. The molecule has 2 aromatic carbocycles. The number of halogens is 2. The van der Waals surface area contributed by atoms with Gasteiger partial charge in [-0.1, -0.05) is 30.3 Å². The fraction of sp³-hybridized carbons (Fsp3) is 0.250. The summed E-state index contributed by atoms with van der Waals surface area (Å²) in [6.45, 7) is 0.447. The third-order valence-electron chi connectivity index (χ3n) is 3.01. The molecule has 0 aliphatic carbocycles. The van der Waals surface area contributed by atoms with Crippen LogP contribution in [-0.2, 0) is 6.42 Å². The number of hydrogen-bond acceptors (Lipinski definition) is 2. The Balaban J connectivity index is 1.81. The predicted molar refractivity (Wildman–Crippen MR) is 74.6 cm³/mol. The Labute approximate surface area is 117 Å². The van der Waals surface area contributed by atoms with E-state index in [1.165, 1.54) is 6.07 Å². The molecule has 1 atom stereocenters. The van der Waals surface area contributed by atoms with Gasteiger partial charge in [0.15, 0.2) is 11.6 Å². The molecule has 0 saturated heterocycles. The summed E-state index contributed by atoms with van der Waals surface area (Å²) in [7, 11) is 0. The van der Waals surface area contributed by atoms with Crippen LogP contribution in [0, 0.1) is 11.6 Å². The average Bonchev–Trinajstić information content (AvgIpc) is 2.45. The van der Waals surface area contributed by atoms with Gasteiger partial charge in [-0.05, 0) is 36.6 Å². The predicted octanol–water partition coefficient (Wildman–Crippen LogP) is 3.30. The van der Waals surface area contributed by atoms with Crippen LogP contribution < -0.4 is 10.5 Å². The molecule has 2 nitrogen and oxygen atoms in total. The highest BCUT2D eigenvalue weighted by atomic mass is 19.2. The van der Waals surface area contributed by atoms with Gasteiger partial charge >= 0.3 is 0 Å². The molecule has 0 heterocycles. The van der Waals surface area contributed by atoms with Gasteiger partial charge in [0.1, 0.15) is 5.75 Å². The van der Waals surface area contributed by atoms with Crippen LogP contribution in [-0.4, -0.2) is 12.6 Å². The van der Waals surface area contributed by atoms with Gasteiger partial charge in [-0.3, -0.25) is 0 Å². The minimum Gasteiger partial charge on any atom is -0.494 e. The maximum Gasteiger partial charge on any atom is 0.162 e. The largest absolute Gasteiger partial charge is 0.494 e. The highest BCUT2D eigenvalue weighted by Crippen LogP contribution is 2.14. The summed E-state index contributed by atoms with van der Waals surface area (Å²) in [6, 6.07) is 13.3. The van der Waals surface area contributed by atoms with Gasteiger partial charge in [-0.2, -0.15) is 0 Å². The van der Waals surface area contributed by atoms with Crippen molar-refractivity contribution < 1.29 is 13.5 Å². The molecule has 0 radical (unpaired) electrons. The van der Waals surface area contributed by atoms with E-state index in [0.29, 0.717) is 25.0 Å². The van der Waals surface area contributed by atoms with E-state index in [1.54, 1.807) is 6.07 Å². The lowest BCUT2D eigenvalue weighted by Crippen LogP contribution is -2.25. The third-order valence-corrected chi connectivity index (χ3v) is 3.01. The zero-order chi connectivity index (χ0) is 14.4. The van der Waals surface area contributed by atoms with Crippen molar-refractivity contribution in [3.8, 4) is 5.75 Å². The molecule has 2 rings (SSSR count). The number of benzene rings is 2. The second kappa shape index (κ2) is 7.01. The van der Waals surface area contributed by atoms with Gasteiger partial charge < -0.3 is 10.5 Å². The summed E-state index contributed by atoms with van der Waals surface area (Å²) in [6.07, 6.45) is 0.868. The molecule has 0 bridgehead atoms. The molecule has 2 aromatic rings. The van der Waals surface area contributed by atoms with E-state index in [9.17, 15) is 8.78 Å². The molecule has 0 aliphatic heterocycles. The monoisotopic (exact) mass is 277 g/mol. The highest BCUT2D eigenvalue weighted by molar-refractivity contribution is 5.21. The molecule has 4 heteroatoms. The second-order valence-corrected chi connectivity index (χ2v) is 4.63. The highest BCUT2D eigenvalue weighted by Gasteiger charge is 2.11. The van der Waals surface area contributed by atoms with Gasteiger partial charge in [0.25, 0.3) is 0 Å². The maximum atomic E-state index is 13.5. The van der Waals surface area contributed by atoms with Crippen molar-refractivity contribution in [2.45, 2.75) is 18.9 Å². The van der Waals surface area contributed by atoms with Gasteiger partial charge in [0, 0.05) is 6.04 Å². The van der Waals surface area contributed by atoms with E-state index in [-0.39, 0.29) is 6.04 Å². The molecule has 0 spiro atoms. The molecule has 0 aromatic heterocycles. The van der Waals surface area contributed by atoms with E-state index in [4.69, 9.17) is 10.5 Å². The van der Waals surface area contributed by atoms with Crippen LogP contribution >= 0.6 is 0 Å². The number of para-hydroxylation sites is 1. The van der Waals surface area contributed by atoms with Crippen LogP contribution in [0.3, 0.4) is 0 Å². The van der Waals surface area contributed by atoms with Crippen LogP contribution in [0.15, 0.2) is 48.5 Å². The van der Waals surface area contributed by atoms with Gasteiger partial charge in [0.2, 0.25) is 0 Å². The summed E-state index contributed by atoms with van der Waals surface area (Å²) >= 11 is 0. The molecular formula is C16H17F2NO. The first kappa shape index (κ1) is 14.5. The Morgan fingerprint density at radius 1 is 1.00 bits per heavy atom. The Bertz CT molecular complexity index is 545. The van der Waals surface area contributed by atoms with Crippen molar-refractivity contribution in [2.24, 2.45) is 5.73 Å². The van der Waals surface area contributed by atoms with E-state index < -0.39 is 11.6 Å². The minimum absolute atomic E-state index is 0.269. The quantitative estimate of drug-likeness (QED) is 0.879. The smallest absolute Gasteiger partial charge is 0.162 e. The summed E-state index contributed by atoms with van der Waals surface area (Å²) in [5.74, 6) is -0.876. The number of nitrogens with two attached hydrogens (primary N) is 1. The first-order valence-corrected chi connectivity index (χ1v) is 6.53. The van der Waals surface area contributed by atoms with Crippen LogP contribution in [0.2, 0.25) is 0 Å². The van der Waals surface area contributed by atoms with Crippen LogP contribution in [0.4, 0.5) is 8.78 Å². The van der Waals surface area contributed by atoms with Gasteiger partial charge in [0.05, 0.1) is 6.61 Å². The fourth-order valence-corrected chi connectivity index (χ4v) is 1.94. The van der Waals surface area contributed by atoms with Crippen LogP contribution in [0.5, 0.6) is 5.75 Å². The lowest BCUT2D eigenvalue weighted by atomic mass is 10.0. The Hall–Kier alpha value is -1.94. The average molecular weight is 277 g/mol. The third kappa shape index (κ3) is 4.03. The van der Waals surface area contributed by atoms with Crippen molar-refractivity contribution in [1.29, 1.82) is 0 Å². The first-order chi connectivity index (χ1) is 9.66. The zero-order valence-electron chi connectivity index (χ0n) is 11.1.